The van der Waals surface area contributed by atoms with Crippen LogP contribution in [0.4, 0.5) is 0 Å². The minimum Gasteiger partial charge on any atom is -0.493 e. The Hall–Kier alpha value is -2.96. The molecule has 1 heterocycles. The van der Waals surface area contributed by atoms with Gasteiger partial charge < -0.3 is 23.5 Å². The number of rotatable bonds is 10. The van der Waals surface area contributed by atoms with Crippen molar-refractivity contribution in [2.24, 2.45) is 5.92 Å². The van der Waals surface area contributed by atoms with Crippen molar-refractivity contribution in [3.63, 3.8) is 0 Å². The van der Waals surface area contributed by atoms with Gasteiger partial charge in [0.1, 0.15) is 5.76 Å². The molecule has 1 aromatic carbocycles. The average molecular weight is 389 g/mol. The van der Waals surface area contributed by atoms with E-state index >= 15 is 0 Å². The van der Waals surface area contributed by atoms with Crippen molar-refractivity contribution < 1.29 is 28.2 Å². The van der Waals surface area contributed by atoms with Crippen LogP contribution in [0.1, 0.15) is 24.7 Å². The number of aryl methyl sites for hydroxylation is 1. The SMILES string of the molecule is COC(=O)C(C)CN(Cc1ccco1)C(=O)CCc1ccc(OC)c(OC)c1. The second kappa shape index (κ2) is 10.4. The van der Waals surface area contributed by atoms with Gasteiger partial charge in [0.15, 0.2) is 11.5 Å². The van der Waals surface area contributed by atoms with E-state index in [1.54, 1.807) is 44.4 Å². The number of amides is 1. The van der Waals surface area contributed by atoms with Crippen LogP contribution >= 0.6 is 0 Å². The highest BCUT2D eigenvalue weighted by Gasteiger charge is 2.22. The fourth-order valence-electron chi connectivity index (χ4n) is 2.90. The molecule has 1 amide bonds. The highest BCUT2D eigenvalue weighted by molar-refractivity contribution is 5.78. The first-order chi connectivity index (χ1) is 13.5. The Kier molecular flexibility index (Phi) is 7.92. The molecule has 1 unspecified atom stereocenters. The number of methoxy groups -OCH3 is 3. The second-order valence-electron chi connectivity index (χ2n) is 6.47. The molecule has 0 fully saturated rings. The van der Waals surface area contributed by atoms with E-state index in [1.807, 2.05) is 18.2 Å². The van der Waals surface area contributed by atoms with E-state index in [0.29, 0.717) is 36.6 Å². The normalized spacial score (nSPS) is 11.6. The van der Waals surface area contributed by atoms with Gasteiger partial charge in [0.2, 0.25) is 5.91 Å². The number of nitrogens with zero attached hydrogens (tertiary/aromatic N) is 1. The zero-order valence-electron chi connectivity index (χ0n) is 16.8. The first-order valence-electron chi connectivity index (χ1n) is 9.07. The maximum atomic E-state index is 12.8. The van der Waals surface area contributed by atoms with Crippen LogP contribution in [0.25, 0.3) is 0 Å². The van der Waals surface area contributed by atoms with Crippen LogP contribution in [0.2, 0.25) is 0 Å². The van der Waals surface area contributed by atoms with Gasteiger partial charge >= 0.3 is 5.97 Å². The predicted molar refractivity (Wildman–Crippen MR) is 103 cm³/mol. The number of carbonyl (C=O) groups is 2. The van der Waals surface area contributed by atoms with E-state index in [9.17, 15) is 9.59 Å². The van der Waals surface area contributed by atoms with Crippen molar-refractivity contribution in [3.05, 3.63) is 47.9 Å². The van der Waals surface area contributed by atoms with Crippen LogP contribution in [0, 0.1) is 5.92 Å². The summed E-state index contributed by atoms with van der Waals surface area (Å²) in [6, 6.07) is 9.16. The molecule has 7 nitrogen and oxygen atoms in total. The van der Waals surface area contributed by atoms with E-state index < -0.39 is 5.92 Å². The molecule has 28 heavy (non-hydrogen) atoms. The first-order valence-corrected chi connectivity index (χ1v) is 9.07. The van der Waals surface area contributed by atoms with Gasteiger partial charge in [-0.25, -0.2) is 0 Å². The number of furan rings is 1. The molecule has 0 aliphatic heterocycles. The van der Waals surface area contributed by atoms with Gasteiger partial charge in [0, 0.05) is 13.0 Å². The Labute approximate surface area is 165 Å². The molecular formula is C21H27NO6. The lowest BCUT2D eigenvalue weighted by molar-refractivity contribution is -0.146. The van der Waals surface area contributed by atoms with Gasteiger partial charge in [0.25, 0.3) is 0 Å². The zero-order valence-corrected chi connectivity index (χ0v) is 16.8. The highest BCUT2D eigenvalue weighted by atomic mass is 16.5. The highest BCUT2D eigenvalue weighted by Crippen LogP contribution is 2.28. The summed E-state index contributed by atoms with van der Waals surface area (Å²) < 4.78 is 20.7. The third-order valence-electron chi connectivity index (χ3n) is 4.45. The molecule has 1 atom stereocenters. The summed E-state index contributed by atoms with van der Waals surface area (Å²) in [6.07, 6.45) is 2.40. The molecule has 0 radical (unpaired) electrons. The Morgan fingerprint density at radius 2 is 1.86 bits per heavy atom. The van der Waals surface area contributed by atoms with E-state index in [-0.39, 0.29) is 18.4 Å². The van der Waals surface area contributed by atoms with Crippen LogP contribution in [0.15, 0.2) is 41.0 Å². The predicted octanol–water partition coefficient (Wildman–Crippen LogP) is 3.07. The van der Waals surface area contributed by atoms with Crippen molar-refractivity contribution in [1.29, 1.82) is 0 Å². The topological polar surface area (TPSA) is 78.2 Å². The molecule has 2 rings (SSSR count). The Balaban J connectivity index is 2.05. The number of hydrogen-bond donors (Lipinski definition) is 0. The van der Waals surface area contributed by atoms with Crippen LogP contribution in [-0.4, -0.2) is 44.7 Å². The second-order valence-corrected chi connectivity index (χ2v) is 6.47. The van der Waals surface area contributed by atoms with Crippen molar-refractivity contribution in [2.75, 3.05) is 27.9 Å². The van der Waals surface area contributed by atoms with E-state index in [1.165, 1.54) is 7.11 Å². The lowest BCUT2D eigenvalue weighted by Crippen LogP contribution is -2.36. The lowest BCUT2D eigenvalue weighted by Gasteiger charge is -2.24. The van der Waals surface area contributed by atoms with Gasteiger partial charge in [-0.3, -0.25) is 9.59 Å². The summed E-state index contributed by atoms with van der Waals surface area (Å²) in [4.78, 5) is 26.2. The molecule has 152 valence electrons. The third-order valence-corrected chi connectivity index (χ3v) is 4.45. The smallest absolute Gasteiger partial charge is 0.310 e. The van der Waals surface area contributed by atoms with Crippen molar-refractivity contribution in [1.82, 2.24) is 4.90 Å². The molecule has 0 saturated carbocycles. The quantitative estimate of drug-likeness (QED) is 0.581. The molecule has 7 heteroatoms. The number of benzene rings is 1. The maximum absolute atomic E-state index is 12.8. The average Bonchev–Trinajstić information content (AvgIpc) is 3.23. The van der Waals surface area contributed by atoms with Gasteiger partial charge in [-0.2, -0.15) is 0 Å². The van der Waals surface area contributed by atoms with E-state index in [2.05, 4.69) is 0 Å². The summed E-state index contributed by atoms with van der Waals surface area (Å²) in [7, 11) is 4.50. The van der Waals surface area contributed by atoms with Crippen LogP contribution < -0.4 is 9.47 Å². The molecular weight excluding hydrogens is 362 g/mol. The zero-order chi connectivity index (χ0) is 20.5. The third kappa shape index (κ3) is 5.77. The van der Waals surface area contributed by atoms with Crippen LogP contribution in [0.3, 0.4) is 0 Å². The minimum absolute atomic E-state index is 0.0677. The molecule has 1 aromatic heterocycles. The monoisotopic (exact) mass is 389 g/mol. The van der Waals surface area contributed by atoms with Crippen molar-refractivity contribution in [3.8, 4) is 11.5 Å². The minimum atomic E-state index is -0.426. The van der Waals surface area contributed by atoms with Gasteiger partial charge in [-0.1, -0.05) is 13.0 Å². The molecule has 0 aliphatic carbocycles. The van der Waals surface area contributed by atoms with Gasteiger partial charge in [0.05, 0.1) is 40.1 Å². The number of esters is 1. The maximum Gasteiger partial charge on any atom is 0.310 e. The van der Waals surface area contributed by atoms with Gasteiger partial charge in [-0.15, -0.1) is 0 Å². The molecule has 0 spiro atoms. The Morgan fingerprint density at radius 1 is 1.11 bits per heavy atom. The van der Waals surface area contributed by atoms with E-state index in [0.717, 1.165) is 5.56 Å². The number of hydrogen-bond acceptors (Lipinski definition) is 6. The van der Waals surface area contributed by atoms with Crippen LogP contribution in [-0.2, 0) is 27.3 Å². The largest absolute Gasteiger partial charge is 0.493 e. The number of ether oxygens (including phenoxy) is 3. The first kappa shape index (κ1) is 21.3. The molecule has 0 aliphatic rings. The molecule has 0 bridgehead atoms. The summed E-state index contributed by atoms with van der Waals surface area (Å²) in [5.41, 5.74) is 0.963. The van der Waals surface area contributed by atoms with E-state index in [4.69, 9.17) is 18.6 Å². The lowest BCUT2D eigenvalue weighted by atomic mass is 10.1. The molecule has 0 N–H and O–H groups in total. The molecule has 2 aromatic rings. The van der Waals surface area contributed by atoms with Crippen LogP contribution in [0.5, 0.6) is 11.5 Å². The summed E-state index contributed by atoms with van der Waals surface area (Å²) in [5, 5.41) is 0. The fraction of sp³-hybridized carbons (Fsp3) is 0.429. The fourth-order valence-corrected chi connectivity index (χ4v) is 2.90. The summed E-state index contributed by atoms with van der Waals surface area (Å²) >= 11 is 0. The molecule has 0 saturated heterocycles. The Bertz CT molecular complexity index is 771. The van der Waals surface area contributed by atoms with Crippen molar-refractivity contribution in [2.45, 2.75) is 26.3 Å². The standard InChI is InChI=1S/C21H27NO6/c1-15(21(24)27-4)13-22(14-17-6-5-11-28-17)20(23)10-8-16-7-9-18(25-2)19(12-16)26-3/h5-7,9,11-12,15H,8,10,13-14H2,1-4H3. The van der Waals surface area contributed by atoms with Crippen molar-refractivity contribution >= 4 is 11.9 Å². The van der Waals surface area contributed by atoms with Gasteiger partial charge in [-0.05, 0) is 36.2 Å². The Morgan fingerprint density at radius 3 is 2.46 bits per heavy atom. The number of carbonyl (C=O) groups excluding carboxylic acids is 2. The summed E-state index contributed by atoms with van der Waals surface area (Å²) in [6.45, 7) is 2.31. The summed E-state index contributed by atoms with van der Waals surface area (Å²) in [5.74, 6) is 1.09.